The summed E-state index contributed by atoms with van der Waals surface area (Å²) in [6.45, 7) is 6.21. The first-order valence-electron chi connectivity index (χ1n) is 5.84. The van der Waals surface area contributed by atoms with Gasteiger partial charge in [-0.25, -0.2) is 0 Å². The summed E-state index contributed by atoms with van der Waals surface area (Å²) in [6.07, 6.45) is 4.32. The van der Waals surface area contributed by atoms with Gasteiger partial charge in [0.15, 0.2) is 0 Å². The van der Waals surface area contributed by atoms with Crippen LogP contribution in [0.25, 0.3) is 0 Å². The van der Waals surface area contributed by atoms with Crippen molar-refractivity contribution < 1.29 is 4.74 Å². The van der Waals surface area contributed by atoms with Crippen LogP contribution in [-0.2, 0) is 4.74 Å². The molecule has 2 heterocycles. The molecule has 0 bridgehead atoms. The summed E-state index contributed by atoms with van der Waals surface area (Å²) < 4.78 is 5.37. The Morgan fingerprint density at radius 3 is 2.64 bits per heavy atom. The van der Waals surface area contributed by atoms with Gasteiger partial charge in [0.2, 0.25) is 0 Å². The van der Waals surface area contributed by atoms with E-state index < -0.39 is 0 Å². The van der Waals surface area contributed by atoms with Crippen molar-refractivity contribution in [1.29, 1.82) is 0 Å². The average molecular weight is 198 g/mol. The molecule has 14 heavy (non-hydrogen) atoms. The Kier molecular flexibility index (Phi) is 3.79. The van der Waals surface area contributed by atoms with Crippen LogP contribution in [0.1, 0.15) is 19.3 Å². The van der Waals surface area contributed by atoms with Gasteiger partial charge in [-0.1, -0.05) is 0 Å². The van der Waals surface area contributed by atoms with Crippen molar-refractivity contribution in [2.75, 3.05) is 39.8 Å². The van der Waals surface area contributed by atoms with Gasteiger partial charge in [0, 0.05) is 26.7 Å². The summed E-state index contributed by atoms with van der Waals surface area (Å²) in [5, 5.41) is 3.43. The van der Waals surface area contributed by atoms with E-state index in [-0.39, 0.29) is 0 Å². The Hall–Kier alpha value is -0.120. The van der Waals surface area contributed by atoms with Gasteiger partial charge in [0.1, 0.15) is 0 Å². The fourth-order valence-corrected chi connectivity index (χ4v) is 2.56. The van der Waals surface area contributed by atoms with Crippen molar-refractivity contribution >= 4 is 0 Å². The van der Waals surface area contributed by atoms with E-state index in [1.54, 1.807) is 0 Å². The van der Waals surface area contributed by atoms with Crippen LogP contribution < -0.4 is 5.32 Å². The molecule has 0 aliphatic carbocycles. The maximum Gasteiger partial charge on any atom is 0.0595 e. The number of methoxy groups -OCH3 is 1. The number of hydrogen-bond donors (Lipinski definition) is 1. The highest BCUT2D eigenvalue weighted by molar-refractivity contribution is 4.78. The number of likely N-dealkylation sites (tertiary alicyclic amines) is 1. The van der Waals surface area contributed by atoms with Gasteiger partial charge in [-0.2, -0.15) is 0 Å². The Labute approximate surface area is 86.8 Å². The highest BCUT2D eigenvalue weighted by Gasteiger charge is 2.22. The molecule has 0 aromatic rings. The molecule has 1 N–H and O–H groups in total. The third-order valence-electron chi connectivity index (χ3n) is 3.55. The second-order valence-corrected chi connectivity index (χ2v) is 4.59. The van der Waals surface area contributed by atoms with Crippen LogP contribution in [0.3, 0.4) is 0 Å². The number of rotatable bonds is 3. The first kappa shape index (κ1) is 10.4. The number of hydrogen-bond acceptors (Lipinski definition) is 3. The number of ether oxygens (including phenoxy) is 1. The van der Waals surface area contributed by atoms with Gasteiger partial charge < -0.3 is 15.0 Å². The van der Waals surface area contributed by atoms with E-state index >= 15 is 0 Å². The zero-order valence-electron chi connectivity index (χ0n) is 9.17. The Balaban J connectivity index is 1.67. The lowest BCUT2D eigenvalue weighted by Gasteiger charge is -2.32. The van der Waals surface area contributed by atoms with E-state index in [1.165, 1.54) is 52.0 Å². The smallest absolute Gasteiger partial charge is 0.0595 e. The van der Waals surface area contributed by atoms with Crippen LogP contribution in [0.15, 0.2) is 0 Å². The zero-order valence-corrected chi connectivity index (χ0v) is 9.17. The van der Waals surface area contributed by atoms with Crippen LogP contribution in [0.2, 0.25) is 0 Å². The van der Waals surface area contributed by atoms with Crippen molar-refractivity contribution in [3.63, 3.8) is 0 Å². The number of piperidine rings is 1. The molecule has 3 heteroatoms. The highest BCUT2D eigenvalue weighted by atomic mass is 16.5. The predicted octanol–water partition coefficient (Wildman–Crippen LogP) is 0.707. The molecule has 2 fully saturated rings. The van der Waals surface area contributed by atoms with E-state index in [9.17, 15) is 0 Å². The Bertz CT molecular complexity index is 161. The molecule has 0 radical (unpaired) electrons. The largest absolute Gasteiger partial charge is 0.381 e. The van der Waals surface area contributed by atoms with E-state index in [0.717, 1.165) is 5.92 Å². The van der Waals surface area contributed by atoms with Crippen molar-refractivity contribution in [2.24, 2.45) is 5.92 Å². The summed E-state index contributed by atoms with van der Waals surface area (Å²) in [5.74, 6) is 0.897. The van der Waals surface area contributed by atoms with Crippen LogP contribution in [0.4, 0.5) is 0 Å². The van der Waals surface area contributed by atoms with Crippen LogP contribution in [-0.4, -0.2) is 50.8 Å². The molecule has 0 spiro atoms. The fourth-order valence-electron chi connectivity index (χ4n) is 2.56. The highest BCUT2D eigenvalue weighted by Crippen LogP contribution is 2.16. The first-order chi connectivity index (χ1) is 6.88. The molecule has 2 saturated heterocycles. The molecule has 0 amide bonds. The summed E-state index contributed by atoms with van der Waals surface area (Å²) in [6, 6.07) is 0. The molecule has 1 unspecified atom stereocenters. The standard InChI is InChI=1S/C11H22N2O/c1-14-11-3-6-13(7-4-11)9-10-2-5-12-8-10/h10-12H,2-9H2,1H3. The summed E-state index contributed by atoms with van der Waals surface area (Å²) in [4.78, 5) is 2.60. The lowest BCUT2D eigenvalue weighted by molar-refractivity contribution is 0.0373. The van der Waals surface area contributed by atoms with Crippen molar-refractivity contribution in [3.05, 3.63) is 0 Å². The maximum absolute atomic E-state index is 5.37. The average Bonchev–Trinajstić information content (AvgIpc) is 2.72. The minimum absolute atomic E-state index is 0.521. The molecular formula is C11H22N2O. The third-order valence-corrected chi connectivity index (χ3v) is 3.55. The minimum Gasteiger partial charge on any atom is -0.381 e. The van der Waals surface area contributed by atoms with Gasteiger partial charge >= 0.3 is 0 Å². The predicted molar refractivity (Wildman–Crippen MR) is 57.4 cm³/mol. The van der Waals surface area contributed by atoms with E-state index in [0.29, 0.717) is 6.10 Å². The fraction of sp³-hybridized carbons (Fsp3) is 1.00. The van der Waals surface area contributed by atoms with Crippen molar-refractivity contribution in [3.8, 4) is 0 Å². The van der Waals surface area contributed by atoms with Gasteiger partial charge in [-0.3, -0.25) is 0 Å². The SMILES string of the molecule is COC1CCN(CC2CCNC2)CC1. The molecule has 2 aliphatic heterocycles. The maximum atomic E-state index is 5.37. The lowest BCUT2D eigenvalue weighted by Crippen LogP contribution is -2.39. The second kappa shape index (κ2) is 5.10. The van der Waals surface area contributed by atoms with Crippen molar-refractivity contribution in [2.45, 2.75) is 25.4 Å². The normalized spacial score (nSPS) is 31.1. The molecule has 0 aromatic heterocycles. The monoisotopic (exact) mass is 198 g/mol. The van der Waals surface area contributed by atoms with Crippen LogP contribution in [0.5, 0.6) is 0 Å². The lowest BCUT2D eigenvalue weighted by atomic mass is 10.0. The van der Waals surface area contributed by atoms with Gasteiger partial charge in [0.25, 0.3) is 0 Å². The number of nitrogens with one attached hydrogen (secondary N) is 1. The van der Waals surface area contributed by atoms with E-state index in [1.807, 2.05) is 7.11 Å². The summed E-state index contributed by atoms with van der Waals surface area (Å²) in [5.41, 5.74) is 0. The topological polar surface area (TPSA) is 24.5 Å². The van der Waals surface area contributed by atoms with E-state index in [4.69, 9.17) is 4.74 Å². The molecular weight excluding hydrogens is 176 g/mol. The number of nitrogens with zero attached hydrogens (tertiary/aromatic N) is 1. The molecule has 1 atom stereocenters. The van der Waals surface area contributed by atoms with Gasteiger partial charge in [0.05, 0.1) is 6.10 Å². The summed E-state index contributed by atoms with van der Waals surface area (Å²) in [7, 11) is 1.83. The molecule has 2 aliphatic rings. The Morgan fingerprint density at radius 2 is 2.07 bits per heavy atom. The van der Waals surface area contributed by atoms with E-state index in [2.05, 4.69) is 10.2 Å². The Morgan fingerprint density at radius 1 is 1.29 bits per heavy atom. The van der Waals surface area contributed by atoms with Gasteiger partial charge in [-0.05, 0) is 38.3 Å². The molecule has 0 aromatic carbocycles. The first-order valence-corrected chi connectivity index (χ1v) is 5.84. The minimum atomic E-state index is 0.521. The van der Waals surface area contributed by atoms with Crippen molar-refractivity contribution in [1.82, 2.24) is 10.2 Å². The second-order valence-electron chi connectivity index (χ2n) is 4.59. The molecule has 82 valence electrons. The van der Waals surface area contributed by atoms with Crippen LogP contribution >= 0.6 is 0 Å². The van der Waals surface area contributed by atoms with Gasteiger partial charge in [-0.15, -0.1) is 0 Å². The summed E-state index contributed by atoms with van der Waals surface area (Å²) >= 11 is 0. The third kappa shape index (κ3) is 2.69. The molecule has 3 nitrogen and oxygen atoms in total. The van der Waals surface area contributed by atoms with Crippen LogP contribution in [0, 0.1) is 5.92 Å². The zero-order chi connectivity index (χ0) is 9.80. The quantitative estimate of drug-likeness (QED) is 0.723. The molecule has 2 rings (SSSR count). The molecule has 0 saturated carbocycles.